The first-order valence-electron chi connectivity index (χ1n) is 10.3. The van der Waals surface area contributed by atoms with E-state index in [2.05, 4.69) is 10.1 Å². The average Bonchev–Trinajstić information content (AvgIpc) is 2.83. The van der Waals surface area contributed by atoms with Crippen molar-refractivity contribution in [1.82, 2.24) is 0 Å². The van der Waals surface area contributed by atoms with Crippen molar-refractivity contribution >= 4 is 23.2 Å². The van der Waals surface area contributed by atoms with Crippen LogP contribution in [0.4, 0.5) is 14.5 Å². The smallest absolute Gasteiger partial charge is 0.387 e. The molecule has 0 aromatic heterocycles. The highest BCUT2D eigenvalue weighted by Crippen LogP contribution is 2.34. The molecular formula is C26H25F2NO5. The van der Waals surface area contributed by atoms with Gasteiger partial charge in [0.25, 0.3) is 5.91 Å². The number of methoxy groups -OCH3 is 3. The molecule has 0 aliphatic heterocycles. The number of alkyl halides is 2. The van der Waals surface area contributed by atoms with Crippen molar-refractivity contribution < 1.29 is 32.5 Å². The second-order valence-electron chi connectivity index (χ2n) is 7.24. The third-order valence-electron chi connectivity index (χ3n) is 4.96. The van der Waals surface area contributed by atoms with Gasteiger partial charge in [0, 0.05) is 11.3 Å². The molecule has 3 aromatic rings. The first-order chi connectivity index (χ1) is 16.3. The van der Waals surface area contributed by atoms with Crippen LogP contribution in [0.2, 0.25) is 0 Å². The highest BCUT2D eigenvalue weighted by Gasteiger charge is 2.17. The van der Waals surface area contributed by atoms with E-state index in [1.165, 1.54) is 33.5 Å². The summed E-state index contributed by atoms with van der Waals surface area (Å²) in [7, 11) is 4.37. The van der Waals surface area contributed by atoms with Gasteiger partial charge in [-0.1, -0.05) is 29.8 Å². The van der Waals surface area contributed by atoms with Gasteiger partial charge < -0.3 is 24.3 Å². The molecule has 1 amide bonds. The average molecular weight is 469 g/mol. The van der Waals surface area contributed by atoms with Crippen LogP contribution in [0.25, 0.3) is 11.6 Å². The van der Waals surface area contributed by atoms with Gasteiger partial charge in [0.05, 0.1) is 21.3 Å². The Kier molecular flexibility index (Phi) is 8.08. The number of nitrogens with one attached hydrogen (secondary N) is 1. The normalized spacial score (nSPS) is 11.2. The minimum absolute atomic E-state index is 0.105. The Morgan fingerprint density at radius 1 is 0.824 bits per heavy atom. The number of hydrogen-bond donors (Lipinski definition) is 1. The molecule has 0 bridgehead atoms. The molecule has 0 aliphatic rings. The highest BCUT2D eigenvalue weighted by atomic mass is 19.3. The van der Waals surface area contributed by atoms with Gasteiger partial charge >= 0.3 is 6.61 Å². The molecule has 0 saturated heterocycles. The number of hydrogen-bond acceptors (Lipinski definition) is 5. The number of carbonyl (C=O) groups excluding carboxylic acids is 1. The van der Waals surface area contributed by atoms with Crippen molar-refractivity contribution in [2.45, 2.75) is 13.5 Å². The fraction of sp³-hybridized carbons (Fsp3) is 0.192. The van der Waals surface area contributed by atoms with Crippen LogP contribution in [0.1, 0.15) is 16.7 Å². The predicted molar refractivity (Wildman–Crippen MR) is 127 cm³/mol. The molecule has 3 aromatic carbocycles. The number of carbonyl (C=O) groups is 1. The molecule has 178 valence electrons. The lowest BCUT2D eigenvalue weighted by atomic mass is 10.0. The number of rotatable bonds is 9. The van der Waals surface area contributed by atoms with E-state index in [0.717, 1.165) is 5.56 Å². The molecule has 0 aliphatic carbocycles. The van der Waals surface area contributed by atoms with Gasteiger partial charge in [0.15, 0.2) is 23.0 Å². The van der Waals surface area contributed by atoms with Crippen LogP contribution in [0.3, 0.4) is 0 Å². The van der Waals surface area contributed by atoms with Gasteiger partial charge in [-0.2, -0.15) is 8.78 Å². The Bertz CT molecular complexity index is 1180. The van der Waals surface area contributed by atoms with Crippen molar-refractivity contribution in [3.63, 3.8) is 0 Å². The molecule has 8 heteroatoms. The maximum atomic E-state index is 13.3. The summed E-state index contributed by atoms with van der Waals surface area (Å²) in [6, 6.07) is 16.9. The summed E-state index contributed by atoms with van der Waals surface area (Å²) in [5.74, 6) is 0.598. The van der Waals surface area contributed by atoms with Crippen LogP contribution in [-0.2, 0) is 4.79 Å². The minimum atomic E-state index is -2.99. The minimum Gasteiger partial charge on any atom is -0.493 e. The van der Waals surface area contributed by atoms with Gasteiger partial charge in [0.2, 0.25) is 0 Å². The van der Waals surface area contributed by atoms with Crippen LogP contribution >= 0.6 is 0 Å². The third-order valence-corrected chi connectivity index (χ3v) is 4.96. The van der Waals surface area contributed by atoms with Crippen molar-refractivity contribution in [2.24, 2.45) is 0 Å². The molecule has 0 spiro atoms. The van der Waals surface area contributed by atoms with Crippen LogP contribution in [0.15, 0.2) is 60.7 Å². The van der Waals surface area contributed by atoms with Gasteiger partial charge in [0.1, 0.15) is 0 Å². The Morgan fingerprint density at radius 2 is 1.44 bits per heavy atom. The van der Waals surface area contributed by atoms with Crippen LogP contribution < -0.4 is 24.3 Å². The largest absolute Gasteiger partial charge is 0.493 e. The number of halogens is 2. The Morgan fingerprint density at radius 3 is 2.06 bits per heavy atom. The Labute approximate surface area is 196 Å². The summed E-state index contributed by atoms with van der Waals surface area (Å²) in [5, 5.41) is 2.89. The molecule has 0 saturated carbocycles. The lowest BCUT2D eigenvalue weighted by Gasteiger charge is -2.14. The van der Waals surface area contributed by atoms with E-state index in [0.29, 0.717) is 33.9 Å². The second kappa shape index (κ2) is 11.2. The van der Waals surface area contributed by atoms with E-state index >= 15 is 0 Å². The van der Waals surface area contributed by atoms with Crippen molar-refractivity contribution in [2.75, 3.05) is 26.6 Å². The molecular weight excluding hydrogens is 444 g/mol. The van der Waals surface area contributed by atoms with Gasteiger partial charge in [-0.05, 0) is 60.5 Å². The van der Waals surface area contributed by atoms with E-state index < -0.39 is 6.61 Å². The molecule has 0 atom stereocenters. The second-order valence-corrected chi connectivity index (χ2v) is 7.24. The quantitative estimate of drug-likeness (QED) is 0.317. The van der Waals surface area contributed by atoms with E-state index in [9.17, 15) is 13.6 Å². The molecule has 0 fully saturated rings. The Balaban J connectivity index is 2.06. The number of aryl methyl sites for hydroxylation is 1. The van der Waals surface area contributed by atoms with Crippen molar-refractivity contribution in [3.05, 3.63) is 77.4 Å². The third kappa shape index (κ3) is 6.04. The summed E-state index contributed by atoms with van der Waals surface area (Å²) >= 11 is 0. The van der Waals surface area contributed by atoms with Gasteiger partial charge in [-0.15, -0.1) is 0 Å². The number of amides is 1. The summed E-state index contributed by atoms with van der Waals surface area (Å²) < 4.78 is 45.7. The van der Waals surface area contributed by atoms with Gasteiger partial charge in [-0.3, -0.25) is 4.79 Å². The zero-order valence-electron chi connectivity index (χ0n) is 19.2. The number of benzene rings is 3. The van der Waals surface area contributed by atoms with Crippen molar-refractivity contribution in [1.29, 1.82) is 0 Å². The topological polar surface area (TPSA) is 66.0 Å². The first-order valence-corrected chi connectivity index (χ1v) is 10.3. The van der Waals surface area contributed by atoms with E-state index in [1.807, 2.05) is 19.1 Å². The Hall–Kier alpha value is -4.07. The van der Waals surface area contributed by atoms with Crippen LogP contribution in [0.5, 0.6) is 23.0 Å². The number of anilines is 1. The van der Waals surface area contributed by atoms with Gasteiger partial charge in [-0.25, -0.2) is 0 Å². The molecule has 0 unspecified atom stereocenters. The molecule has 0 heterocycles. The lowest BCUT2D eigenvalue weighted by molar-refractivity contribution is -0.111. The molecule has 1 N–H and O–H groups in total. The monoisotopic (exact) mass is 469 g/mol. The molecule has 3 rings (SSSR count). The summed E-state index contributed by atoms with van der Waals surface area (Å²) in [6.07, 6.45) is 1.62. The summed E-state index contributed by atoms with van der Waals surface area (Å²) in [6.45, 7) is -1.03. The maximum absolute atomic E-state index is 13.3. The van der Waals surface area contributed by atoms with Crippen LogP contribution in [0, 0.1) is 6.92 Å². The van der Waals surface area contributed by atoms with E-state index in [4.69, 9.17) is 14.2 Å². The zero-order chi connectivity index (χ0) is 24.7. The fourth-order valence-electron chi connectivity index (χ4n) is 3.25. The maximum Gasteiger partial charge on any atom is 0.387 e. The molecule has 34 heavy (non-hydrogen) atoms. The molecule has 6 nitrogen and oxygen atoms in total. The summed E-state index contributed by atoms with van der Waals surface area (Å²) in [4.78, 5) is 13.3. The number of ether oxygens (including phenoxy) is 4. The fourth-order valence-corrected chi connectivity index (χ4v) is 3.25. The van der Waals surface area contributed by atoms with E-state index in [1.54, 1.807) is 42.5 Å². The van der Waals surface area contributed by atoms with Crippen molar-refractivity contribution in [3.8, 4) is 23.0 Å². The van der Waals surface area contributed by atoms with E-state index in [-0.39, 0.29) is 17.4 Å². The zero-order valence-corrected chi connectivity index (χ0v) is 19.2. The standard InChI is InChI=1S/C26H25F2NO5/c1-16-5-9-19(10-6-16)29-25(30)20(18-8-12-21(31-2)24(15-18)33-4)13-17-7-11-22(34-26(27)28)23(14-17)32-3/h5-15,26H,1-4H3,(H,29,30). The predicted octanol–water partition coefficient (Wildman–Crippen LogP) is 5.80. The highest BCUT2D eigenvalue weighted by molar-refractivity contribution is 6.29. The summed E-state index contributed by atoms with van der Waals surface area (Å²) in [5.41, 5.74) is 3.11. The lowest BCUT2D eigenvalue weighted by Crippen LogP contribution is -2.14. The van der Waals surface area contributed by atoms with Crippen LogP contribution in [-0.4, -0.2) is 33.8 Å². The molecule has 0 radical (unpaired) electrons. The SMILES string of the molecule is COc1ccc(C(=Cc2ccc(OC(F)F)c(OC)c2)C(=O)Nc2ccc(C)cc2)cc1OC. The first kappa shape index (κ1) is 24.6.